The topological polar surface area (TPSA) is 128 Å². The van der Waals surface area contributed by atoms with E-state index in [4.69, 9.17) is 9.47 Å². The molecule has 156 valence electrons. The number of amides is 1. The van der Waals surface area contributed by atoms with Crippen LogP contribution in [0.5, 0.6) is 5.75 Å². The molecule has 0 saturated carbocycles. The summed E-state index contributed by atoms with van der Waals surface area (Å²) in [5, 5.41) is 41.8. The van der Waals surface area contributed by atoms with Crippen LogP contribution in [0.1, 0.15) is 15.9 Å². The van der Waals surface area contributed by atoms with Crippen molar-refractivity contribution in [1.82, 2.24) is 5.32 Å². The Morgan fingerprint density at radius 2 is 1.79 bits per heavy atom. The van der Waals surface area contributed by atoms with Crippen LogP contribution in [0, 0.1) is 6.92 Å². The van der Waals surface area contributed by atoms with Crippen molar-refractivity contribution in [3.8, 4) is 16.9 Å². The lowest BCUT2D eigenvalue weighted by atomic mass is 9.99. The molecule has 1 saturated heterocycles. The molecule has 0 radical (unpaired) electrons. The van der Waals surface area contributed by atoms with E-state index in [1.165, 1.54) is 0 Å². The van der Waals surface area contributed by atoms with Crippen molar-refractivity contribution in [2.75, 3.05) is 13.7 Å². The Labute approximate surface area is 168 Å². The Bertz CT molecular complexity index is 870. The number of benzene rings is 2. The third-order valence-corrected chi connectivity index (χ3v) is 4.95. The Morgan fingerprint density at radius 3 is 2.45 bits per heavy atom. The van der Waals surface area contributed by atoms with Gasteiger partial charge in [-0.2, -0.15) is 0 Å². The first kappa shape index (κ1) is 21.2. The fraction of sp³-hybridized carbons (Fsp3) is 0.381. The fourth-order valence-corrected chi connectivity index (χ4v) is 3.24. The lowest BCUT2D eigenvalue weighted by Crippen LogP contribution is -2.60. The van der Waals surface area contributed by atoms with Gasteiger partial charge in [0.25, 0.3) is 5.91 Å². The Hall–Kier alpha value is -2.49. The first-order chi connectivity index (χ1) is 13.8. The van der Waals surface area contributed by atoms with Gasteiger partial charge in [0.1, 0.15) is 30.2 Å². The quantitative estimate of drug-likeness (QED) is 0.482. The Kier molecular flexibility index (Phi) is 6.51. The molecular weight excluding hydrogens is 378 g/mol. The molecular formula is C21H25NO7. The number of aryl methyl sites for hydroxylation is 1. The van der Waals surface area contributed by atoms with E-state index >= 15 is 0 Å². The van der Waals surface area contributed by atoms with Crippen molar-refractivity contribution in [2.45, 2.75) is 37.6 Å². The molecule has 1 unspecified atom stereocenters. The van der Waals surface area contributed by atoms with Crippen LogP contribution in [0.3, 0.4) is 0 Å². The van der Waals surface area contributed by atoms with Gasteiger partial charge < -0.3 is 35.2 Å². The SMILES string of the molecule is CNC(=O)c1cccc(-c2ccc(OC3O[C@@H](CO)[C@@H](O)[C@H](O)[C@H]3O)c(C)c2)c1. The Balaban J connectivity index is 1.81. The normalized spacial score (nSPS) is 26.8. The van der Waals surface area contributed by atoms with Gasteiger partial charge in [0.2, 0.25) is 6.29 Å². The fourth-order valence-electron chi connectivity index (χ4n) is 3.24. The van der Waals surface area contributed by atoms with Gasteiger partial charge in [-0.1, -0.05) is 18.2 Å². The van der Waals surface area contributed by atoms with Crippen LogP contribution in [0.2, 0.25) is 0 Å². The van der Waals surface area contributed by atoms with E-state index < -0.39 is 37.3 Å². The molecule has 1 aliphatic rings. The molecule has 0 bridgehead atoms. The summed E-state index contributed by atoms with van der Waals surface area (Å²) in [6.45, 7) is 1.29. The standard InChI is InChI=1S/C21H25NO7/c1-11-8-13(12-4-3-5-14(9-12)20(27)22-2)6-7-15(11)28-21-19(26)18(25)17(24)16(10-23)29-21/h3-9,16-19,21,23-26H,10H2,1-2H3,(H,22,27)/t16-,17+,18-,19+,21?/m0/s1. The molecule has 0 aromatic heterocycles. The second-order valence-electron chi connectivity index (χ2n) is 6.96. The lowest BCUT2D eigenvalue weighted by Gasteiger charge is -2.39. The maximum Gasteiger partial charge on any atom is 0.251 e. The van der Waals surface area contributed by atoms with E-state index in [0.717, 1.165) is 16.7 Å². The van der Waals surface area contributed by atoms with Crippen LogP contribution in [-0.2, 0) is 4.74 Å². The summed E-state index contributed by atoms with van der Waals surface area (Å²) in [7, 11) is 1.57. The molecule has 0 aliphatic carbocycles. The summed E-state index contributed by atoms with van der Waals surface area (Å²) in [5.74, 6) is 0.242. The second-order valence-corrected chi connectivity index (χ2v) is 6.96. The Morgan fingerprint density at radius 1 is 1.07 bits per heavy atom. The highest BCUT2D eigenvalue weighted by molar-refractivity contribution is 5.95. The van der Waals surface area contributed by atoms with Crippen molar-refractivity contribution in [1.29, 1.82) is 0 Å². The predicted molar refractivity (Wildman–Crippen MR) is 104 cm³/mol. The summed E-state index contributed by atoms with van der Waals surface area (Å²) in [5.41, 5.74) is 3.01. The number of hydrogen-bond donors (Lipinski definition) is 5. The monoisotopic (exact) mass is 403 g/mol. The van der Waals surface area contributed by atoms with E-state index in [-0.39, 0.29) is 5.91 Å². The van der Waals surface area contributed by atoms with Gasteiger partial charge in [-0.25, -0.2) is 0 Å². The van der Waals surface area contributed by atoms with Gasteiger partial charge in [-0.05, 0) is 47.9 Å². The lowest BCUT2D eigenvalue weighted by molar-refractivity contribution is -0.277. The minimum Gasteiger partial charge on any atom is -0.462 e. The smallest absolute Gasteiger partial charge is 0.251 e. The summed E-state index contributed by atoms with van der Waals surface area (Å²) in [4.78, 5) is 11.8. The number of ether oxygens (including phenoxy) is 2. The van der Waals surface area contributed by atoms with E-state index in [9.17, 15) is 25.2 Å². The van der Waals surface area contributed by atoms with Crippen LogP contribution in [0.4, 0.5) is 0 Å². The molecule has 5 N–H and O–H groups in total. The predicted octanol–water partition coefficient (Wildman–Crippen LogP) is 0.200. The highest BCUT2D eigenvalue weighted by Gasteiger charge is 2.44. The zero-order chi connectivity index (χ0) is 21.1. The third kappa shape index (κ3) is 4.42. The van der Waals surface area contributed by atoms with Crippen molar-refractivity contribution < 1.29 is 34.7 Å². The summed E-state index contributed by atoms with van der Waals surface area (Å²) >= 11 is 0. The summed E-state index contributed by atoms with van der Waals surface area (Å²) < 4.78 is 11.1. The molecule has 8 nitrogen and oxygen atoms in total. The largest absolute Gasteiger partial charge is 0.462 e. The summed E-state index contributed by atoms with van der Waals surface area (Å²) in [6.07, 6.45) is -6.70. The van der Waals surface area contributed by atoms with Crippen LogP contribution in [-0.4, -0.2) is 70.7 Å². The zero-order valence-corrected chi connectivity index (χ0v) is 16.1. The van der Waals surface area contributed by atoms with E-state index in [1.54, 1.807) is 37.4 Å². The average Bonchev–Trinajstić information content (AvgIpc) is 2.74. The molecule has 1 amide bonds. The minimum absolute atomic E-state index is 0.175. The van der Waals surface area contributed by atoms with Gasteiger partial charge >= 0.3 is 0 Å². The maximum absolute atomic E-state index is 11.8. The number of aliphatic hydroxyl groups is 4. The van der Waals surface area contributed by atoms with Crippen molar-refractivity contribution in [2.24, 2.45) is 0 Å². The number of rotatable bonds is 5. The van der Waals surface area contributed by atoms with Crippen molar-refractivity contribution in [3.63, 3.8) is 0 Å². The van der Waals surface area contributed by atoms with Crippen LogP contribution in [0.15, 0.2) is 42.5 Å². The number of hydrogen-bond acceptors (Lipinski definition) is 7. The molecule has 1 aliphatic heterocycles. The van der Waals surface area contributed by atoms with E-state index in [1.807, 2.05) is 19.1 Å². The molecule has 0 spiro atoms. The first-order valence-electron chi connectivity index (χ1n) is 9.26. The number of carbonyl (C=O) groups excluding carboxylic acids is 1. The second kappa shape index (κ2) is 8.89. The minimum atomic E-state index is -1.50. The first-order valence-corrected chi connectivity index (χ1v) is 9.26. The van der Waals surface area contributed by atoms with Gasteiger partial charge in [-0.3, -0.25) is 4.79 Å². The number of carbonyl (C=O) groups is 1. The molecule has 5 atom stereocenters. The van der Waals surface area contributed by atoms with Gasteiger partial charge in [0, 0.05) is 12.6 Å². The number of aliphatic hydroxyl groups excluding tert-OH is 4. The van der Waals surface area contributed by atoms with E-state index in [0.29, 0.717) is 11.3 Å². The molecule has 8 heteroatoms. The molecule has 1 heterocycles. The highest BCUT2D eigenvalue weighted by atomic mass is 16.7. The van der Waals surface area contributed by atoms with Gasteiger partial charge in [-0.15, -0.1) is 0 Å². The molecule has 1 fully saturated rings. The molecule has 2 aromatic carbocycles. The highest BCUT2D eigenvalue weighted by Crippen LogP contribution is 2.30. The zero-order valence-electron chi connectivity index (χ0n) is 16.1. The third-order valence-electron chi connectivity index (χ3n) is 4.95. The summed E-state index contributed by atoms with van der Waals surface area (Å²) in [6, 6.07) is 12.6. The molecule has 2 aromatic rings. The van der Waals surface area contributed by atoms with Crippen LogP contribution >= 0.6 is 0 Å². The number of nitrogens with one attached hydrogen (secondary N) is 1. The van der Waals surface area contributed by atoms with Gasteiger partial charge in [0.15, 0.2) is 0 Å². The average molecular weight is 403 g/mol. The van der Waals surface area contributed by atoms with Crippen LogP contribution < -0.4 is 10.1 Å². The molecule has 29 heavy (non-hydrogen) atoms. The molecule has 3 rings (SSSR count). The van der Waals surface area contributed by atoms with Crippen molar-refractivity contribution in [3.05, 3.63) is 53.6 Å². The van der Waals surface area contributed by atoms with Crippen molar-refractivity contribution >= 4 is 5.91 Å². The van der Waals surface area contributed by atoms with E-state index in [2.05, 4.69) is 5.32 Å². The van der Waals surface area contributed by atoms with Gasteiger partial charge in [0.05, 0.1) is 6.61 Å². The van der Waals surface area contributed by atoms with Crippen LogP contribution in [0.25, 0.3) is 11.1 Å². The maximum atomic E-state index is 11.8.